The van der Waals surface area contributed by atoms with E-state index in [0.717, 1.165) is 16.2 Å². The molecular weight excluding hydrogens is 380 g/mol. The van der Waals surface area contributed by atoms with E-state index >= 15 is 0 Å². The van der Waals surface area contributed by atoms with Gasteiger partial charge in [-0.3, -0.25) is 14.9 Å². The highest BCUT2D eigenvalue weighted by molar-refractivity contribution is 6.38. The fourth-order valence-electron chi connectivity index (χ4n) is 2.70. The van der Waals surface area contributed by atoms with Gasteiger partial charge in [-0.05, 0) is 48.4 Å². The minimum atomic E-state index is -0.809. The lowest BCUT2D eigenvalue weighted by Crippen LogP contribution is -2.54. The molecular formula is C21H17ClN2O4. The van der Waals surface area contributed by atoms with E-state index in [0.29, 0.717) is 16.3 Å². The molecule has 3 rings (SSSR count). The fourth-order valence-corrected chi connectivity index (χ4v) is 2.87. The van der Waals surface area contributed by atoms with Crippen molar-refractivity contribution in [2.24, 2.45) is 0 Å². The van der Waals surface area contributed by atoms with Gasteiger partial charge in [-0.25, -0.2) is 9.69 Å². The van der Waals surface area contributed by atoms with Gasteiger partial charge in [-0.1, -0.05) is 42.0 Å². The van der Waals surface area contributed by atoms with Crippen LogP contribution in [-0.4, -0.2) is 25.0 Å². The molecule has 4 amide bonds. The number of carbonyl (C=O) groups excluding carboxylic acids is 3. The summed E-state index contributed by atoms with van der Waals surface area (Å²) in [5.74, 6) is -0.729. The number of hydrogen-bond donors (Lipinski definition) is 1. The van der Waals surface area contributed by atoms with Crippen LogP contribution in [0.1, 0.15) is 11.1 Å². The molecule has 1 heterocycles. The van der Waals surface area contributed by atoms with E-state index in [1.54, 1.807) is 56.5 Å². The molecule has 7 heteroatoms. The number of hydrogen-bond acceptors (Lipinski definition) is 4. The van der Waals surface area contributed by atoms with Gasteiger partial charge < -0.3 is 4.74 Å². The average Bonchev–Trinajstić information content (AvgIpc) is 2.68. The fraction of sp³-hybridized carbons (Fsp3) is 0.0952. The Labute approximate surface area is 167 Å². The first-order valence-corrected chi connectivity index (χ1v) is 8.77. The van der Waals surface area contributed by atoms with Crippen molar-refractivity contribution >= 4 is 41.2 Å². The number of halogens is 1. The van der Waals surface area contributed by atoms with E-state index in [1.807, 2.05) is 12.1 Å². The third kappa shape index (κ3) is 3.82. The third-order valence-corrected chi connectivity index (χ3v) is 4.66. The molecule has 1 fully saturated rings. The third-order valence-electron chi connectivity index (χ3n) is 4.25. The highest BCUT2D eigenvalue weighted by Gasteiger charge is 2.37. The zero-order valence-electron chi connectivity index (χ0n) is 15.2. The molecule has 28 heavy (non-hydrogen) atoms. The molecule has 0 spiro atoms. The monoisotopic (exact) mass is 396 g/mol. The Morgan fingerprint density at radius 2 is 1.79 bits per heavy atom. The molecule has 0 bridgehead atoms. The number of urea groups is 1. The van der Waals surface area contributed by atoms with Crippen LogP contribution in [0, 0.1) is 6.92 Å². The Bertz CT molecular complexity index is 1010. The standard InChI is InChI=1S/C21H17ClN2O4/c1-13-17(22)7-4-8-18(13)24-20(26)16(19(25)23-21(24)27)6-3-5-14-9-11-15(28-2)12-10-14/h3-12H,1-2H3,(H,23,25,27)/b5-3+,16-6+. The van der Waals surface area contributed by atoms with Crippen LogP contribution in [0.3, 0.4) is 0 Å². The molecule has 0 unspecified atom stereocenters. The maximum absolute atomic E-state index is 12.8. The first-order chi connectivity index (χ1) is 13.4. The van der Waals surface area contributed by atoms with Crippen LogP contribution >= 0.6 is 11.6 Å². The largest absolute Gasteiger partial charge is 0.497 e. The van der Waals surface area contributed by atoms with Gasteiger partial charge in [-0.15, -0.1) is 0 Å². The molecule has 0 aromatic heterocycles. The summed E-state index contributed by atoms with van der Waals surface area (Å²) in [6, 6.07) is 11.3. The van der Waals surface area contributed by atoms with Crippen LogP contribution in [0.25, 0.3) is 6.08 Å². The molecule has 2 aromatic rings. The van der Waals surface area contributed by atoms with Crippen LogP contribution < -0.4 is 15.0 Å². The van der Waals surface area contributed by atoms with Crippen molar-refractivity contribution in [2.75, 3.05) is 12.0 Å². The van der Waals surface area contributed by atoms with E-state index in [4.69, 9.17) is 16.3 Å². The van der Waals surface area contributed by atoms with E-state index in [-0.39, 0.29) is 5.57 Å². The maximum Gasteiger partial charge on any atom is 0.335 e. The Balaban J connectivity index is 1.89. The predicted octanol–water partition coefficient (Wildman–Crippen LogP) is 3.88. The summed E-state index contributed by atoms with van der Waals surface area (Å²) in [7, 11) is 1.58. The number of anilines is 1. The molecule has 1 N–H and O–H groups in total. The van der Waals surface area contributed by atoms with E-state index in [2.05, 4.69) is 5.32 Å². The highest BCUT2D eigenvalue weighted by Crippen LogP contribution is 2.29. The van der Waals surface area contributed by atoms with Crippen molar-refractivity contribution in [3.05, 3.63) is 76.3 Å². The zero-order chi connectivity index (χ0) is 20.3. The van der Waals surface area contributed by atoms with E-state index in [9.17, 15) is 14.4 Å². The number of barbiturate groups is 1. The normalized spacial score (nSPS) is 16.0. The second-order valence-corrected chi connectivity index (χ2v) is 6.40. The van der Waals surface area contributed by atoms with E-state index < -0.39 is 17.8 Å². The molecule has 1 aliphatic heterocycles. The topological polar surface area (TPSA) is 75.7 Å². The van der Waals surface area contributed by atoms with Gasteiger partial charge in [0.05, 0.1) is 12.8 Å². The van der Waals surface area contributed by atoms with Crippen molar-refractivity contribution in [2.45, 2.75) is 6.92 Å². The maximum atomic E-state index is 12.8. The van der Waals surface area contributed by atoms with Gasteiger partial charge in [-0.2, -0.15) is 0 Å². The smallest absolute Gasteiger partial charge is 0.335 e. The number of amides is 4. The Kier molecular flexibility index (Phi) is 5.61. The summed E-state index contributed by atoms with van der Waals surface area (Å²) in [4.78, 5) is 38.1. The van der Waals surface area contributed by atoms with Crippen LogP contribution in [0.4, 0.5) is 10.5 Å². The molecule has 142 valence electrons. The zero-order valence-corrected chi connectivity index (χ0v) is 16.0. The summed E-state index contributed by atoms with van der Waals surface area (Å²) in [6.07, 6.45) is 4.69. The van der Waals surface area contributed by atoms with Gasteiger partial charge in [0.25, 0.3) is 11.8 Å². The molecule has 2 aromatic carbocycles. The first kappa shape index (κ1) is 19.4. The number of allylic oxidation sites excluding steroid dienone is 2. The first-order valence-electron chi connectivity index (χ1n) is 8.39. The highest BCUT2D eigenvalue weighted by atomic mass is 35.5. The van der Waals surface area contributed by atoms with Crippen molar-refractivity contribution in [3.63, 3.8) is 0 Å². The summed E-state index contributed by atoms with van der Waals surface area (Å²) >= 11 is 6.10. The Morgan fingerprint density at radius 1 is 1.07 bits per heavy atom. The van der Waals surface area contributed by atoms with Gasteiger partial charge in [0.15, 0.2) is 0 Å². The number of methoxy groups -OCH3 is 1. The van der Waals surface area contributed by atoms with E-state index in [1.165, 1.54) is 6.08 Å². The minimum Gasteiger partial charge on any atom is -0.497 e. The summed E-state index contributed by atoms with van der Waals surface area (Å²) in [6.45, 7) is 1.70. The molecule has 1 saturated heterocycles. The number of rotatable bonds is 4. The number of nitrogens with one attached hydrogen (secondary N) is 1. The van der Waals surface area contributed by atoms with Gasteiger partial charge in [0.1, 0.15) is 11.3 Å². The van der Waals surface area contributed by atoms with Crippen molar-refractivity contribution in [3.8, 4) is 5.75 Å². The summed E-state index contributed by atoms with van der Waals surface area (Å²) < 4.78 is 5.10. The van der Waals surface area contributed by atoms with Crippen LogP contribution in [0.2, 0.25) is 5.02 Å². The molecule has 0 saturated carbocycles. The number of benzene rings is 2. The lowest BCUT2D eigenvalue weighted by molar-refractivity contribution is -0.122. The Morgan fingerprint density at radius 3 is 2.46 bits per heavy atom. The molecule has 6 nitrogen and oxygen atoms in total. The van der Waals surface area contributed by atoms with Crippen LogP contribution in [0.5, 0.6) is 5.75 Å². The SMILES string of the molecule is COc1ccc(/C=C/C=C2\C(=O)NC(=O)N(c3cccc(Cl)c3C)C2=O)cc1. The average molecular weight is 397 g/mol. The summed E-state index contributed by atoms with van der Waals surface area (Å²) in [5.41, 5.74) is 1.60. The van der Waals surface area contributed by atoms with Gasteiger partial charge in [0, 0.05) is 5.02 Å². The number of nitrogens with zero attached hydrogens (tertiary/aromatic N) is 1. The molecule has 0 radical (unpaired) electrons. The van der Waals surface area contributed by atoms with Crippen LogP contribution in [0.15, 0.2) is 60.2 Å². The van der Waals surface area contributed by atoms with Gasteiger partial charge in [0.2, 0.25) is 0 Å². The molecule has 1 aliphatic rings. The minimum absolute atomic E-state index is 0.149. The number of imide groups is 2. The lowest BCUT2D eigenvalue weighted by Gasteiger charge is -2.27. The second-order valence-electron chi connectivity index (χ2n) is 6.00. The second kappa shape index (κ2) is 8.10. The molecule has 0 aliphatic carbocycles. The van der Waals surface area contributed by atoms with Crippen molar-refractivity contribution in [1.82, 2.24) is 5.32 Å². The van der Waals surface area contributed by atoms with Gasteiger partial charge >= 0.3 is 6.03 Å². The summed E-state index contributed by atoms with van der Waals surface area (Å²) in [5, 5.41) is 2.60. The molecule has 0 atom stereocenters. The van der Waals surface area contributed by atoms with Crippen molar-refractivity contribution < 1.29 is 19.1 Å². The van der Waals surface area contributed by atoms with Crippen LogP contribution in [-0.2, 0) is 9.59 Å². The predicted molar refractivity (Wildman–Crippen MR) is 107 cm³/mol. The Hall–Kier alpha value is -3.38. The quantitative estimate of drug-likeness (QED) is 0.628. The number of carbonyl (C=O) groups is 3. The lowest BCUT2D eigenvalue weighted by atomic mass is 10.1. The number of ether oxygens (including phenoxy) is 1. The van der Waals surface area contributed by atoms with Crippen molar-refractivity contribution in [1.29, 1.82) is 0 Å².